The van der Waals surface area contributed by atoms with E-state index in [0.717, 1.165) is 60.9 Å². The second-order valence-corrected chi connectivity index (χ2v) is 12.6. The van der Waals surface area contributed by atoms with Crippen LogP contribution >= 0.6 is 0 Å². The zero-order valence-electron chi connectivity index (χ0n) is 20.7. The number of hydrogen-bond acceptors (Lipinski definition) is 6. The van der Waals surface area contributed by atoms with Crippen molar-refractivity contribution in [3.8, 4) is 0 Å². The van der Waals surface area contributed by atoms with E-state index in [-0.39, 0.29) is 27.8 Å². The fourth-order valence-electron chi connectivity index (χ4n) is 4.59. The molecule has 2 aliphatic rings. The molecule has 1 N–H and O–H groups in total. The molecular weight excluding hydrogens is 466 g/mol. The van der Waals surface area contributed by atoms with Crippen LogP contribution in [-0.4, -0.2) is 52.3 Å². The van der Waals surface area contributed by atoms with Crippen LogP contribution in [-0.2, 0) is 26.7 Å². The number of imidazole rings is 1. The van der Waals surface area contributed by atoms with Crippen LogP contribution in [0.5, 0.6) is 0 Å². The molecular formula is C25H33N5O4S. The van der Waals surface area contributed by atoms with Gasteiger partial charge in [0.05, 0.1) is 33.4 Å². The number of nitrogens with zero attached hydrogens (tertiary/aromatic N) is 4. The number of hydrogen-bond donors (Lipinski definition) is 1. The predicted molar refractivity (Wildman–Crippen MR) is 132 cm³/mol. The Kier molecular flexibility index (Phi) is 5.99. The molecule has 35 heavy (non-hydrogen) atoms. The zero-order chi connectivity index (χ0) is 25.0. The molecule has 1 saturated carbocycles. The summed E-state index contributed by atoms with van der Waals surface area (Å²) in [6.45, 7) is 10.4. The number of aryl methyl sites for hydroxylation is 1. The van der Waals surface area contributed by atoms with Crippen LogP contribution in [0.15, 0.2) is 29.3 Å². The van der Waals surface area contributed by atoms with Crippen molar-refractivity contribution in [1.82, 2.24) is 24.1 Å². The van der Waals surface area contributed by atoms with Gasteiger partial charge in [-0.05, 0) is 56.7 Å². The molecule has 1 aromatic carbocycles. The lowest BCUT2D eigenvalue weighted by molar-refractivity contribution is 0.0611. The maximum atomic E-state index is 13.4. The molecule has 1 saturated heterocycles. The van der Waals surface area contributed by atoms with Crippen LogP contribution in [0.3, 0.4) is 0 Å². The number of rotatable bonds is 6. The predicted octanol–water partition coefficient (Wildman–Crippen LogP) is 3.39. The fraction of sp³-hybridized carbons (Fsp3) is 0.560. The molecule has 0 radical (unpaired) electrons. The molecule has 2 aromatic heterocycles. The lowest BCUT2D eigenvalue weighted by Crippen LogP contribution is -2.25. The Morgan fingerprint density at radius 3 is 2.54 bits per heavy atom. The highest BCUT2D eigenvalue weighted by Gasteiger charge is 2.29. The first kappa shape index (κ1) is 24.0. The van der Waals surface area contributed by atoms with Gasteiger partial charge in [-0.15, -0.1) is 0 Å². The lowest BCUT2D eigenvalue weighted by atomic mass is 9.94. The second kappa shape index (κ2) is 8.74. The minimum Gasteiger partial charge on any atom is -0.381 e. The monoisotopic (exact) mass is 499 g/mol. The van der Waals surface area contributed by atoms with Gasteiger partial charge in [0.15, 0.2) is 0 Å². The Hall–Kier alpha value is -2.72. The number of nitrogens with one attached hydrogen (secondary N) is 1. The van der Waals surface area contributed by atoms with Crippen LogP contribution in [0.4, 0.5) is 0 Å². The van der Waals surface area contributed by atoms with Gasteiger partial charge in [-0.3, -0.25) is 4.79 Å². The quantitative estimate of drug-likeness (QED) is 0.557. The van der Waals surface area contributed by atoms with Crippen molar-refractivity contribution in [2.75, 3.05) is 13.2 Å². The smallest absolute Gasteiger partial charge is 0.283 e. The van der Waals surface area contributed by atoms with E-state index >= 15 is 0 Å². The highest BCUT2D eigenvalue weighted by molar-refractivity contribution is 7.89. The van der Waals surface area contributed by atoms with Crippen LogP contribution in [0, 0.1) is 12.8 Å². The summed E-state index contributed by atoms with van der Waals surface area (Å²) >= 11 is 0. The number of amides is 1. The summed E-state index contributed by atoms with van der Waals surface area (Å²) in [5.41, 5.74) is 2.01. The van der Waals surface area contributed by atoms with Gasteiger partial charge < -0.3 is 14.6 Å². The average molecular weight is 500 g/mol. The van der Waals surface area contributed by atoms with Crippen molar-refractivity contribution in [2.45, 2.75) is 76.3 Å². The number of carbonyl (C=O) groups excluding carboxylic acids is 1. The third-order valence-corrected chi connectivity index (χ3v) is 8.28. The van der Waals surface area contributed by atoms with Crippen LogP contribution in [0.25, 0.3) is 11.0 Å². The maximum Gasteiger partial charge on any atom is 0.283 e. The van der Waals surface area contributed by atoms with Gasteiger partial charge >= 0.3 is 0 Å². The summed E-state index contributed by atoms with van der Waals surface area (Å²) in [5.74, 6) is 1.14. The molecule has 3 aromatic rings. The maximum absolute atomic E-state index is 13.4. The summed E-state index contributed by atoms with van der Waals surface area (Å²) in [6.07, 6.45) is 5.22. The second-order valence-electron chi connectivity index (χ2n) is 10.8. The molecule has 0 atom stereocenters. The SMILES string of the molecule is Cc1nn(S(=O)(=O)c2ccc3c(c2)nc(C(C)(C)C)n3CC2CCOCC2)cc1C(=O)NC1CC1. The number of ether oxygens (including phenoxy) is 1. The fourth-order valence-corrected chi connectivity index (χ4v) is 5.78. The minimum absolute atomic E-state index is 0.0952. The van der Waals surface area contributed by atoms with E-state index in [0.29, 0.717) is 17.1 Å². The van der Waals surface area contributed by atoms with E-state index in [4.69, 9.17) is 9.72 Å². The third-order valence-electron chi connectivity index (χ3n) is 6.75. The van der Waals surface area contributed by atoms with Crippen molar-refractivity contribution in [2.24, 2.45) is 5.92 Å². The van der Waals surface area contributed by atoms with Crippen molar-refractivity contribution >= 4 is 27.0 Å². The number of aromatic nitrogens is 4. The Morgan fingerprint density at radius 1 is 1.17 bits per heavy atom. The zero-order valence-corrected chi connectivity index (χ0v) is 21.6. The summed E-state index contributed by atoms with van der Waals surface area (Å²) in [5, 5.41) is 7.05. The van der Waals surface area contributed by atoms with E-state index in [9.17, 15) is 13.2 Å². The van der Waals surface area contributed by atoms with Crippen molar-refractivity contribution < 1.29 is 17.9 Å². The van der Waals surface area contributed by atoms with Gasteiger partial charge in [0.25, 0.3) is 15.9 Å². The molecule has 10 heteroatoms. The normalized spacial score (nSPS) is 17.7. The molecule has 9 nitrogen and oxygen atoms in total. The average Bonchev–Trinajstić information content (AvgIpc) is 3.40. The van der Waals surface area contributed by atoms with E-state index < -0.39 is 10.0 Å². The van der Waals surface area contributed by atoms with Crippen LogP contribution < -0.4 is 5.32 Å². The summed E-state index contributed by atoms with van der Waals surface area (Å²) < 4.78 is 35.5. The largest absolute Gasteiger partial charge is 0.381 e. The molecule has 0 bridgehead atoms. The first-order valence-corrected chi connectivity index (χ1v) is 13.7. The van der Waals surface area contributed by atoms with Crippen LogP contribution in [0.1, 0.15) is 68.3 Å². The van der Waals surface area contributed by atoms with Gasteiger partial charge in [-0.25, -0.2) is 4.98 Å². The molecule has 0 unspecified atom stereocenters. The molecule has 3 heterocycles. The highest BCUT2D eigenvalue weighted by Crippen LogP contribution is 2.31. The van der Waals surface area contributed by atoms with E-state index in [1.807, 2.05) is 6.07 Å². The van der Waals surface area contributed by atoms with Gasteiger partial charge in [0, 0.05) is 31.2 Å². The van der Waals surface area contributed by atoms with Gasteiger partial charge in [0.1, 0.15) is 5.82 Å². The van der Waals surface area contributed by atoms with Crippen LogP contribution in [0.2, 0.25) is 0 Å². The molecule has 1 amide bonds. The summed E-state index contributed by atoms with van der Waals surface area (Å²) in [7, 11) is -3.98. The molecule has 1 aliphatic carbocycles. The molecule has 188 valence electrons. The van der Waals surface area contributed by atoms with Gasteiger partial charge in [-0.1, -0.05) is 20.8 Å². The third kappa shape index (κ3) is 4.73. The Labute approximate surface area is 205 Å². The molecule has 0 spiro atoms. The van der Waals surface area contributed by atoms with Crippen molar-refractivity contribution in [3.05, 3.63) is 41.5 Å². The topological polar surface area (TPSA) is 108 Å². The summed E-state index contributed by atoms with van der Waals surface area (Å²) in [6, 6.07) is 5.23. The minimum atomic E-state index is -3.98. The lowest BCUT2D eigenvalue weighted by Gasteiger charge is -2.26. The highest BCUT2D eigenvalue weighted by atomic mass is 32.2. The van der Waals surface area contributed by atoms with E-state index in [1.54, 1.807) is 19.1 Å². The van der Waals surface area contributed by atoms with Gasteiger partial charge in [0.2, 0.25) is 0 Å². The first-order chi connectivity index (χ1) is 16.5. The number of benzene rings is 1. The first-order valence-electron chi connectivity index (χ1n) is 12.3. The van der Waals surface area contributed by atoms with Gasteiger partial charge in [-0.2, -0.15) is 17.6 Å². The Morgan fingerprint density at radius 2 is 1.89 bits per heavy atom. The van der Waals surface area contributed by atoms with E-state index in [1.165, 1.54) is 6.20 Å². The Bertz CT molecular complexity index is 1370. The number of carbonyl (C=O) groups is 1. The standard InChI is InChI=1S/C25H33N5O4S/c1-16-20(23(31)26-18-5-6-18)15-30(28-16)35(32,33)19-7-8-22-21(13-19)27-24(25(2,3)4)29(22)14-17-9-11-34-12-10-17/h7-8,13,15,17-18H,5-6,9-12,14H2,1-4H3,(H,26,31). The molecule has 2 fully saturated rings. The number of fused-ring (bicyclic) bond motifs is 1. The molecule has 5 rings (SSSR count). The van der Waals surface area contributed by atoms with Crippen molar-refractivity contribution in [1.29, 1.82) is 0 Å². The molecule has 1 aliphatic heterocycles. The van der Waals surface area contributed by atoms with Crippen molar-refractivity contribution in [3.63, 3.8) is 0 Å². The van der Waals surface area contributed by atoms with E-state index in [2.05, 4.69) is 35.8 Å². The Balaban J connectivity index is 1.50. The summed E-state index contributed by atoms with van der Waals surface area (Å²) in [4.78, 5) is 17.5.